The molecule has 0 aromatic rings. The van der Waals surface area contributed by atoms with Crippen LogP contribution >= 0.6 is 11.8 Å². The molecule has 80 valence electrons. The van der Waals surface area contributed by atoms with Gasteiger partial charge in [0, 0.05) is 17.7 Å². The Morgan fingerprint density at radius 3 is 3.14 bits per heavy atom. The van der Waals surface area contributed by atoms with E-state index in [1.807, 2.05) is 0 Å². The lowest BCUT2D eigenvalue weighted by Crippen LogP contribution is -2.44. The van der Waals surface area contributed by atoms with Crippen LogP contribution < -0.4 is 5.32 Å². The fourth-order valence-corrected chi connectivity index (χ4v) is 4.16. The Kier molecular flexibility index (Phi) is 3.37. The van der Waals surface area contributed by atoms with Crippen LogP contribution in [0.5, 0.6) is 0 Å². The summed E-state index contributed by atoms with van der Waals surface area (Å²) in [4.78, 5) is 11.5. The van der Waals surface area contributed by atoms with Crippen molar-refractivity contribution < 1.29 is 4.79 Å². The second-order valence-electron chi connectivity index (χ2n) is 4.38. The van der Waals surface area contributed by atoms with E-state index < -0.39 is 0 Å². The number of hydrogen-bond acceptors (Lipinski definition) is 2. The predicted octanol–water partition coefficient (Wildman–Crippen LogP) is 2.19. The van der Waals surface area contributed by atoms with Gasteiger partial charge in [0.1, 0.15) is 0 Å². The summed E-state index contributed by atoms with van der Waals surface area (Å²) in [6, 6.07) is 0.470. The first kappa shape index (κ1) is 10.3. The number of hydrogen-bond donors (Lipinski definition) is 1. The summed E-state index contributed by atoms with van der Waals surface area (Å²) in [6.07, 6.45) is 5.56. The summed E-state index contributed by atoms with van der Waals surface area (Å²) in [5.74, 6) is 2.28. The number of nitrogens with one attached hydrogen (secondary N) is 1. The minimum atomic E-state index is 0.278. The molecule has 3 heteroatoms. The van der Waals surface area contributed by atoms with Gasteiger partial charge in [0.25, 0.3) is 0 Å². The van der Waals surface area contributed by atoms with Gasteiger partial charge in [-0.05, 0) is 30.9 Å². The van der Waals surface area contributed by atoms with Crippen LogP contribution in [-0.2, 0) is 4.79 Å². The molecule has 0 aliphatic carbocycles. The van der Waals surface area contributed by atoms with Gasteiger partial charge in [0.05, 0.1) is 0 Å². The van der Waals surface area contributed by atoms with Crippen molar-refractivity contribution >= 4 is 17.7 Å². The molecular formula is C11H19NOS. The topological polar surface area (TPSA) is 29.1 Å². The zero-order valence-electron chi connectivity index (χ0n) is 8.79. The highest BCUT2D eigenvalue weighted by Crippen LogP contribution is 2.37. The second-order valence-corrected chi connectivity index (χ2v) is 5.65. The summed E-state index contributed by atoms with van der Waals surface area (Å²) in [6.45, 7) is 2.23. The molecule has 1 N–H and O–H groups in total. The number of amides is 1. The molecule has 3 unspecified atom stereocenters. The van der Waals surface area contributed by atoms with Crippen LogP contribution in [-0.4, -0.2) is 23.0 Å². The van der Waals surface area contributed by atoms with E-state index in [4.69, 9.17) is 0 Å². The summed E-state index contributed by atoms with van der Waals surface area (Å²) < 4.78 is 0. The van der Waals surface area contributed by atoms with E-state index in [0.29, 0.717) is 11.3 Å². The molecule has 0 aromatic heterocycles. The molecule has 0 saturated carbocycles. The molecule has 2 aliphatic rings. The molecular weight excluding hydrogens is 194 g/mol. The van der Waals surface area contributed by atoms with Gasteiger partial charge < -0.3 is 5.32 Å². The fraction of sp³-hybridized carbons (Fsp3) is 0.909. The standard InChI is InChI=1S/C11H19NOS/c1-2-9-11-8(7-14-9)5-3-4-6-10(13)12-11/h8-9,11H,2-7H2,1H3,(H,12,13). The number of carbonyl (C=O) groups excluding carboxylic acids is 1. The lowest BCUT2D eigenvalue weighted by Gasteiger charge is -2.26. The van der Waals surface area contributed by atoms with Crippen molar-refractivity contribution in [2.45, 2.75) is 50.3 Å². The summed E-state index contributed by atoms with van der Waals surface area (Å²) >= 11 is 2.05. The van der Waals surface area contributed by atoms with E-state index in [1.54, 1.807) is 0 Å². The van der Waals surface area contributed by atoms with Gasteiger partial charge in [-0.1, -0.05) is 13.3 Å². The minimum Gasteiger partial charge on any atom is -0.352 e. The molecule has 0 radical (unpaired) electrons. The summed E-state index contributed by atoms with van der Waals surface area (Å²) in [5.41, 5.74) is 0. The SMILES string of the molecule is CCC1SCC2CCCCC(=O)NC21. The van der Waals surface area contributed by atoms with E-state index in [1.165, 1.54) is 25.0 Å². The predicted molar refractivity (Wildman–Crippen MR) is 60.4 cm³/mol. The highest BCUT2D eigenvalue weighted by molar-refractivity contribution is 8.00. The van der Waals surface area contributed by atoms with Crippen molar-refractivity contribution in [1.29, 1.82) is 0 Å². The zero-order valence-corrected chi connectivity index (χ0v) is 9.61. The van der Waals surface area contributed by atoms with Crippen molar-refractivity contribution in [1.82, 2.24) is 5.32 Å². The Morgan fingerprint density at radius 1 is 1.50 bits per heavy atom. The van der Waals surface area contributed by atoms with Gasteiger partial charge in [-0.2, -0.15) is 11.8 Å². The van der Waals surface area contributed by atoms with Gasteiger partial charge in [0.15, 0.2) is 0 Å². The maximum Gasteiger partial charge on any atom is 0.220 e. The number of carbonyl (C=O) groups is 1. The van der Waals surface area contributed by atoms with E-state index in [0.717, 1.165) is 18.8 Å². The Bertz CT molecular complexity index is 219. The molecule has 2 saturated heterocycles. The Hall–Kier alpha value is -0.180. The van der Waals surface area contributed by atoms with Gasteiger partial charge >= 0.3 is 0 Å². The summed E-state index contributed by atoms with van der Waals surface area (Å²) in [5, 5.41) is 3.89. The first-order valence-corrected chi connectivity index (χ1v) is 6.77. The van der Waals surface area contributed by atoms with Crippen LogP contribution in [0.3, 0.4) is 0 Å². The van der Waals surface area contributed by atoms with Crippen LogP contribution in [0.15, 0.2) is 0 Å². The third-order valence-corrected chi connectivity index (χ3v) is 5.07. The quantitative estimate of drug-likeness (QED) is 0.723. The lowest BCUT2D eigenvalue weighted by atomic mass is 9.90. The van der Waals surface area contributed by atoms with Crippen molar-refractivity contribution in [2.24, 2.45) is 5.92 Å². The highest BCUT2D eigenvalue weighted by Gasteiger charge is 2.36. The molecule has 0 aromatic carbocycles. The van der Waals surface area contributed by atoms with E-state index in [9.17, 15) is 4.79 Å². The highest BCUT2D eigenvalue weighted by atomic mass is 32.2. The maximum atomic E-state index is 11.5. The van der Waals surface area contributed by atoms with Crippen LogP contribution in [0.25, 0.3) is 0 Å². The van der Waals surface area contributed by atoms with E-state index in [2.05, 4.69) is 24.0 Å². The number of rotatable bonds is 1. The lowest BCUT2D eigenvalue weighted by molar-refractivity contribution is -0.122. The molecule has 3 atom stereocenters. The molecule has 2 rings (SSSR count). The average Bonchev–Trinajstić information content (AvgIpc) is 2.51. The monoisotopic (exact) mass is 213 g/mol. The van der Waals surface area contributed by atoms with Gasteiger partial charge in [-0.25, -0.2) is 0 Å². The van der Waals surface area contributed by atoms with Crippen molar-refractivity contribution in [3.05, 3.63) is 0 Å². The van der Waals surface area contributed by atoms with Crippen LogP contribution in [0, 0.1) is 5.92 Å². The molecule has 1 amide bonds. The Morgan fingerprint density at radius 2 is 2.36 bits per heavy atom. The molecule has 2 aliphatic heterocycles. The zero-order chi connectivity index (χ0) is 9.97. The first-order valence-electron chi connectivity index (χ1n) is 5.72. The van der Waals surface area contributed by atoms with Crippen LogP contribution in [0.2, 0.25) is 0 Å². The third-order valence-electron chi connectivity index (χ3n) is 3.39. The molecule has 0 bridgehead atoms. The maximum absolute atomic E-state index is 11.5. The largest absolute Gasteiger partial charge is 0.352 e. The fourth-order valence-electron chi connectivity index (χ4n) is 2.55. The Balaban J connectivity index is 2.04. The van der Waals surface area contributed by atoms with Gasteiger partial charge in [-0.3, -0.25) is 4.79 Å². The van der Waals surface area contributed by atoms with Crippen molar-refractivity contribution in [3.8, 4) is 0 Å². The minimum absolute atomic E-state index is 0.278. The van der Waals surface area contributed by atoms with Gasteiger partial charge in [-0.15, -0.1) is 0 Å². The second kappa shape index (κ2) is 4.56. The average molecular weight is 213 g/mol. The van der Waals surface area contributed by atoms with Crippen molar-refractivity contribution in [3.63, 3.8) is 0 Å². The van der Waals surface area contributed by atoms with Crippen LogP contribution in [0.1, 0.15) is 39.0 Å². The van der Waals surface area contributed by atoms with Gasteiger partial charge in [0.2, 0.25) is 5.91 Å². The first-order chi connectivity index (χ1) is 6.81. The molecule has 2 fully saturated rings. The van der Waals surface area contributed by atoms with Crippen LogP contribution in [0.4, 0.5) is 0 Å². The normalized spacial score (nSPS) is 38.4. The molecule has 2 nitrogen and oxygen atoms in total. The Labute approximate surface area is 90.2 Å². The molecule has 14 heavy (non-hydrogen) atoms. The molecule has 2 heterocycles. The van der Waals surface area contributed by atoms with E-state index in [-0.39, 0.29) is 5.91 Å². The smallest absolute Gasteiger partial charge is 0.220 e. The summed E-state index contributed by atoms with van der Waals surface area (Å²) in [7, 11) is 0. The number of thioether (sulfide) groups is 1. The van der Waals surface area contributed by atoms with Crippen molar-refractivity contribution in [2.75, 3.05) is 5.75 Å². The third kappa shape index (κ3) is 2.08. The van der Waals surface area contributed by atoms with E-state index >= 15 is 0 Å². The number of fused-ring (bicyclic) bond motifs is 1. The molecule has 0 spiro atoms.